The maximum Gasteiger partial charge on any atom is 0.0945 e. The lowest BCUT2D eigenvalue weighted by atomic mass is 9.88. The van der Waals surface area contributed by atoms with E-state index in [9.17, 15) is 0 Å². The molecule has 1 aromatic rings. The van der Waals surface area contributed by atoms with Crippen molar-refractivity contribution < 1.29 is 0 Å². The van der Waals surface area contributed by atoms with E-state index in [0.717, 1.165) is 24.9 Å². The first-order valence-corrected chi connectivity index (χ1v) is 8.53. The second-order valence-corrected chi connectivity index (χ2v) is 7.51. The van der Waals surface area contributed by atoms with E-state index in [1.807, 2.05) is 12.5 Å². The van der Waals surface area contributed by atoms with Crippen LogP contribution in [0, 0.1) is 11.8 Å². The number of hydrogen-bond acceptors (Lipinski definition) is 3. The van der Waals surface area contributed by atoms with E-state index >= 15 is 0 Å². The number of aryl methyl sites for hydroxylation is 1. The fraction of sp³-hybridized carbons (Fsp3) is 0.824. The summed E-state index contributed by atoms with van der Waals surface area (Å²) in [5, 5.41) is 3.87. The summed E-state index contributed by atoms with van der Waals surface area (Å²) in [7, 11) is 0. The van der Waals surface area contributed by atoms with Crippen LogP contribution in [0.5, 0.6) is 0 Å². The van der Waals surface area contributed by atoms with Crippen molar-refractivity contribution in [3.05, 3.63) is 18.7 Å². The molecule has 1 saturated carbocycles. The van der Waals surface area contributed by atoms with Crippen LogP contribution in [0.15, 0.2) is 18.7 Å². The largest absolute Gasteiger partial charge is 0.337 e. The standard InChI is InChI=1S/C17H30N4/c1-14(2)16-11-19-17(3,15-5-6-15)12-21(16)9-4-8-20-10-7-18-13-20/h7,10,13-16,19H,4-6,8-9,11-12H2,1-3H3. The first-order valence-electron chi connectivity index (χ1n) is 8.53. The summed E-state index contributed by atoms with van der Waals surface area (Å²) in [5.74, 6) is 1.62. The summed E-state index contributed by atoms with van der Waals surface area (Å²) >= 11 is 0. The lowest BCUT2D eigenvalue weighted by Gasteiger charge is -2.48. The molecule has 3 rings (SSSR count). The predicted octanol–water partition coefficient (Wildman–Crippen LogP) is 2.37. The molecule has 4 heteroatoms. The van der Waals surface area contributed by atoms with Crippen molar-refractivity contribution in [2.75, 3.05) is 19.6 Å². The van der Waals surface area contributed by atoms with Gasteiger partial charge in [0.25, 0.3) is 0 Å². The fourth-order valence-electron chi connectivity index (χ4n) is 3.83. The molecule has 1 saturated heterocycles. The smallest absolute Gasteiger partial charge is 0.0945 e. The van der Waals surface area contributed by atoms with Crippen molar-refractivity contribution >= 4 is 0 Å². The Morgan fingerprint density at radius 1 is 1.33 bits per heavy atom. The fourth-order valence-corrected chi connectivity index (χ4v) is 3.83. The minimum absolute atomic E-state index is 0.348. The molecule has 2 atom stereocenters. The first-order chi connectivity index (χ1) is 10.1. The Morgan fingerprint density at radius 2 is 2.14 bits per heavy atom. The highest BCUT2D eigenvalue weighted by Crippen LogP contribution is 2.41. The van der Waals surface area contributed by atoms with Gasteiger partial charge < -0.3 is 9.88 Å². The Balaban J connectivity index is 1.57. The van der Waals surface area contributed by atoms with Gasteiger partial charge in [-0.25, -0.2) is 4.98 Å². The molecular weight excluding hydrogens is 260 g/mol. The molecule has 0 radical (unpaired) electrons. The lowest BCUT2D eigenvalue weighted by Crippen LogP contribution is -2.65. The van der Waals surface area contributed by atoms with Crippen molar-refractivity contribution in [2.24, 2.45) is 11.8 Å². The molecule has 0 bridgehead atoms. The molecule has 118 valence electrons. The molecule has 2 heterocycles. The molecule has 1 aliphatic heterocycles. The zero-order valence-electron chi connectivity index (χ0n) is 13.8. The summed E-state index contributed by atoms with van der Waals surface area (Å²) in [4.78, 5) is 6.87. The van der Waals surface area contributed by atoms with Gasteiger partial charge in [-0.1, -0.05) is 13.8 Å². The van der Waals surface area contributed by atoms with Crippen molar-refractivity contribution in [3.8, 4) is 0 Å². The summed E-state index contributed by atoms with van der Waals surface area (Å²) in [6.45, 7) is 11.8. The second-order valence-electron chi connectivity index (χ2n) is 7.51. The van der Waals surface area contributed by atoms with Crippen molar-refractivity contribution in [1.29, 1.82) is 0 Å². The van der Waals surface area contributed by atoms with Gasteiger partial charge in [0.05, 0.1) is 6.33 Å². The van der Waals surface area contributed by atoms with Gasteiger partial charge in [0.15, 0.2) is 0 Å². The molecule has 1 aromatic heterocycles. The van der Waals surface area contributed by atoms with Gasteiger partial charge in [0.1, 0.15) is 0 Å². The molecule has 0 spiro atoms. The Bertz CT molecular complexity index is 438. The molecule has 21 heavy (non-hydrogen) atoms. The van der Waals surface area contributed by atoms with Crippen molar-refractivity contribution in [2.45, 2.75) is 58.2 Å². The van der Waals surface area contributed by atoms with Crippen LogP contribution in [0.1, 0.15) is 40.0 Å². The number of aromatic nitrogens is 2. The summed E-state index contributed by atoms with van der Waals surface area (Å²) in [6, 6.07) is 0.680. The molecular formula is C17H30N4. The van der Waals surface area contributed by atoms with E-state index in [1.165, 1.54) is 32.4 Å². The summed E-state index contributed by atoms with van der Waals surface area (Å²) < 4.78 is 2.19. The zero-order chi connectivity index (χ0) is 14.9. The quantitative estimate of drug-likeness (QED) is 0.873. The molecule has 1 N–H and O–H groups in total. The molecule has 0 aromatic carbocycles. The Morgan fingerprint density at radius 3 is 2.76 bits per heavy atom. The highest BCUT2D eigenvalue weighted by atomic mass is 15.3. The third-order valence-corrected chi connectivity index (χ3v) is 5.38. The van der Waals surface area contributed by atoms with Gasteiger partial charge in [-0.15, -0.1) is 0 Å². The Labute approximate surface area is 128 Å². The zero-order valence-corrected chi connectivity index (χ0v) is 13.8. The SMILES string of the molecule is CC(C)C1CNC(C)(C2CC2)CN1CCCn1ccnc1. The van der Waals surface area contributed by atoms with Crippen LogP contribution in [0.3, 0.4) is 0 Å². The first kappa shape index (κ1) is 15.0. The van der Waals surface area contributed by atoms with E-state index < -0.39 is 0 Å². The minimum Gasteiger partial charge on any atom is -0.337 e. The normalized spacial score (nSPS) is 31.0. The lowest BCUT2D eigenvalue weighted by molar-refractivity contribution is 0.0507. The predicted molar refractivity (Wildman–Crippen MR) is 86.2 cm³/mol. The summed E-state index contributed by atoms with van der Waals surface area (Å²) in [5.41, 5.74) is 0.348. The Hall–Kier alpha value is -0.870. The monoisotopic (exact) mass is 290 g/mol. The van der Waals surface area contributed by atoms with Crippen LogP contribution < -0.4 is 5.32 Å². The van der Waals surface area contributed by atoms with Crippen LogP contribution >= 0.6 is 0 Å². The van der Waals surface area contributed by atoms with E-state index in [-0.39, 0.29) is 0 Å². The third kappa shape index (κ3) is 3.49. The topological polar surface area (TPSA) is 33.1 Å². The minimum atomic E-state index is 0.348. The molecule has 0 amide bonds. The number of rotatable bonds is 6. The number of hydrogen-bond donors (Lipinski definition) is 1. The number of piperazine rings is 1. The molecule has 1 aliphatic carbocycles. The van der Waals surface area contributed by atoms with E-state index in [4.69, 9.17) is 0 Å². The van der Waals surface area contributed by atoms with Gasteiger partial charge in [-0.2, -0.15) is 0 Å². The Kier molecular flexibility index (Phi) is 4.36. The average molecular weight is 290 g/mol. The van der Waals surface area contributed by atoms with Crippen molar-refractivity contribution in [1.82, 2.24) is 19.8 Å². The van der Waals surface area contributed by atoms with Gasteiger partial charge >= 0.3 is 0 Å². The van der Waals surface area contributed by atoms with Crippen LogP contribution in [0.4, 0.5) is 0 Å². The highest BCUT2D eigenvalue weighted by molar-refractivity contribution is 5.04. The number of nitrogens with one attached hydrogen (secondary N) is 1. The molecule has 2 aliphatic rings. The highest BCUT2D eigenvalue weighted by Gasteiger charge is 2.46. The van der Waals surface area contributed by atoms with Crippen molar-refractivity contribution in [3.63, 3.8) is 0 Å². The van der Waals surface area contributed by atoms with Crippen LogP contribution in [-0.2, 0) is 6.54 Å². The van der Waals surface area contributed by atoms with Gasteiger partial charge in [-0.05, 0) is 38.0 Å². The van der Waals surface area contributed by atoms with E-state index in [2.05, 4.69) is 46.7 Å². The van der Waals surface area contributed by atoms with Gasteiger partial charge in [0, 0.05) is 50.2 Å². The second kappa shape index (κ2) is 6.09. The van der Waals surface area contributed by atoms with Crippen LogP contribution in [0.25, 0.3) is 0 Å². The average Bonchev–Trinajstić information content (AvgIpc) is 3.18. The summed E-state index contributed by atoms with van der Waals surface area (Å²) in [6.07, 6.45) is 9.89. The number of nitrogens with zero attached hydrogens (tertiary/aromatic N) is 3. The molecule has 2 unspecified atom stereocenters. The molecule has 4 nitrogen and oxygen atoms in total. The van der Waals surface area contributed by atoms with Gasteiger partial charge in [-0.3, -0.25) is 4.90 Å². The van der Waals surface area contributed by atoms with Gasteiger partial charge in [0.2, 0.25) is 0 Å². The van der Waals surface area contributed by atoms with Crippen LogP contribution in [-0.4, -0.2) is 45.7 Å². The number of imidazole rings is 1. The molecule has 2 fully saturated rings. The van der Waals surface area contributed by atoms with E-state index in [0.29, 0.717) is 11.6 Å². The maximum atomic E-state index is 4.12. The van der Waals surface area contributed by atoms with E-state index in [1.54, 1.807) is 0 Å². The van der Waals surface area contributed by atoms with Crippen LogP contribution in [0.2, 0.25) is 0 Å². The third-order valence-electron chi connectivity index (χ3n) is 5.38. The maximum absolute atomic E-state index is 4.12.